The van der Waals surface area contributed by atoms with Crippen molar-refractivity contribution in [1.82, 2.24) is 14.5 Å². The van der Waals surface area contributed by atoms with E-state index in [1.807, 2.05) is 4.72 Å². The summed E-state index contributed by atoms with van der Waals surface area (Å²) in [6.07, 6.45) is 1.09. The van der Waals surface area contributed by atoms with E-state index in [2.05, 4.69) is 10.6 Å². The molecule has 13 nitrogen and oxygen atoms in total. The minimum Gasteiger partial charge on any atom is -0.480 e. The molecule has 0 fully saturated rings. The van der Waals surface area contributed by atoms with Crippen LogP contribution in [0.5, 0.6) is 0 Å². The summed E-state index contributed by atoms with van der Waals surface area (Å²) in [4.78, 5) is 61.7. The molecule has 0 unspecified atom stereocenters. The first kappa shape index (κ1) is 36.2. The highest BCUT2D eigenvalue weighted by molar-refractivity contribution is 7.92. The summed E-state index contributed by atoms with van der Waals surface area (Å²) in [5.74, 6) is -5.73. The number of carbonyl (C=O) groups is 3. The molecule has 49 heavy (non-hydrogen) atoms. The van der Waals surface area contributed by atoms with E-state index in [1.165, 1.54) is 54.2 Å². The molecular weight excluding hydrogens is 664 g/mol. The van der Waals surface area contributed by atoms with Crippen LogP contribution in [0, 0.1) is 24.0 Å². The zero-order chi connectivity index (χ0) is 36.4. The van der Waals surface area contributed by atoms with Gasteiger partial charge in [0.2, 0.25) is 5.91 Å². The lowest BCUT2D eigenvalue weighted by atomic mass is 9.95. The molecule has 258 valence electrons. The molecule has 0 aliphatic carbocycles. The van der Waals surface area contributed by atoms with Crippen LogP contribution in [0.1, 0.15) is 42.3 Å². The third kappa shape index (κ3) is 8.27. The molecule has 0 saturated heterocycles. The van der Waals surface area contributed by atoms with E-state index in [0.29, 0.717) is 28.9 Å². The predicted molar refractivity (Wildman–Crippen MR) is 176 cm³/mol. The molecule has 2 amide bonds. The van der Waals surface area contributed by atoms with E-state index in [0.717, 1.165) is 16.7 Å². The third-order valence-corrected chi connectivity index (χ3v) is 8.69. The number of sulfonamides is 1. The summed E-state index contributed by atoms with van der Waals surface area (Å²) in [5.41, 5.74) is -2.28. The number of amides is 2. The van der Waals surface area contributed by atoms with Crippen LogP contribution in [0.3, 0.4) is 0 Å². The smallest absolute Gasteiger partial charge is 0.335 e. The first-order chi connectivity index (χ1) is 22.8. The molecule has 1 heterocycles. The zero-order valence-corrected chi connectivity index (χ0v) is 27.8. The summed E-state index contributed by atoms with van der Waals surface area (Å²) in [6.45, 7) is 6.64. The van der Waals surface area contributed by atoms with E-state index < -0.39 is 67.5 Å². The van der Waals surface area contributed by atoms with Gasteiger partial charge in [-0.1, -0.05) is 32.9 Å². The fourth-order valence-corrected chi connectivity index (χ4v) is 5.60. The van der Waals surface area contributed by atoms with Gasteiger partial charge in [0.25, 0.3) is 21.5 Å². The van der Waals surface area contributed by atoms with Crippen LogP contribution in [-0.4, -0.2) is 46.5 Å². The number of aliphatic carboxylic acids is 1. The average molecular weight is 698 g/mol. The topological polar surface area (TPSA) is 186 Å². The number of hydrogen-bond acceptors (Lipinski definition) is 7. The standard InChI is InChI=1S/C33H33F2N5O8S/c1-18-17-39(5)32(46)40(29(18)42)21-10-6-19(7-11-21)14-27(30(43)44)37-28(41)23-15-25(35)26(16-24(23)34)38-49(47,48)22-12-8-20(9-13-22)36-31(45)33(2,3)4/h6-13,15-17,27,38H,14H2,1-5H3,(H,36,45)(H,37,41)(H,43,44)/t27-/m0/s1. The van der Waals surface area contributed by atoms with Crippen LogP contribution < -0.4 is 26.6 Å². The Labute approximate surface area is 279 Å². The van der Waals surface area contributed by atoms with Crippen molar-refractivity contribution in [3.8, 4) is 5.69 Å². The Hall–Kier alpha value is -5.64. The largest absolute Gasteiger partial charge is 0.480 e. The number of aromatic nitrogens is 2. The Morgan fingerprint density at radius 1 is 0.939 bits per heavy atom. The summed E-state index contributed by atoms with van der Waals surface area (Å²) in [5, 5.41) is 14.5. The van der Waals surface area contributed by atoms with Crippen LogP contribution in [0.4, 0.5) is 20.2 Å². The number of nitrogens with zero attached hydrogens (tertiary/aromatic N) is 2. The SMILES string of the molecule is Cc1cn(C)c(=O)n(-c2ccc(C[C@H](NC(=O)c3cc(F)c(NS(=O)(=O)c4ccc(NC(=O)C(C)(C)C)cc4)cc3F)C(=O)O)cc2)c1=O. The van der Waals surface area contributed by atoms with E-state index >= 15 is 4.39 Å². The fourth-order valence-electron chi connectivity index (χ4n) is 4.54. The van der Waals surface area contributed by atoms with Gasteiger partial charge in [-0.2, -0.15) is 0 Å². The summed E-state index contributed by atoms with van der Waals surface area (Å²) < 4.78 is 59.9. The van der Waals surface area contributed by atoms with Gasteiger partial charge in [0, 0.05) is 42.4 Å². The summed E-state index contributed by atoms with van der Waals surface area (Å²) in [7, 11) is -2.95. The lowest BCUT2D eigenvalue weighted by molar-refractivity contribution is -0.139. The Morgan fingerprint density at radius 2 is 1.55 bits per heavy atom. The molecule has 4 N–H and O–H groups in total. The number of nitrogens with one attached hydrogen (secondary N) is 3. The second kappa shape index (κ2) is 13.8. The first-order valence-corrected chi connectivity index (χ1v) is 16.1. The molecule has 16 heteroatoms. The van der Waals surface area contributed by atoms with Crippen molar-refractivity contribution in [3.05, 3.63) is 116 Å². The van der Waals surface area contributed by atoms with E-state index in [1.54, 1.807) is 27.7 Å². The van der Waals surface area contributed by atoms with Crippen LogP contribution >= 0.6 is 0 Å². The van der Waals surface area contributed by atoms with Gasteiger partial charge in [-0.15, -0.1) is 0 Å². The Morgan fingerprint density at radius 3 is 2.12 bits per heavy atom. The van der Waals surface area contributed by atoms with Crippen molar-refractivity contribution >= 4 is 39.2 Å². The molecule has 0 bridgehead atoms. The van der Waals surface area contributed by atoms with E-state index in [-0.39, 0.29) is 22.9 Å². The van der Waals surface area contributed by atoms with Crippen molar-refractivity contribution in [1.29, 1.82) is 0 Å². The predicted octanol–water partition coefficient (Wildman–Crippen LogP) is 3.33. The fraction of sp³-hybridized carbons (Fsp3) is 0.242. The number of carboxylic acids is 1. The highest BCUT2D eigenvalue weighted by Gasteiger charge is 2.26. The van der Waals surface area contributed by atoms with Gasteiger partial charge in [0.15, 0.2) is 0 Å². The molecule has 4 aromatic rings. The van der Waals surface area contributed by atoms with Crippen molar-refractivity contribution in [2.24, 2.45) is 12.5 Å². The minimum atomic E-state index is -4.44. The molecule has 1 aromatic heterocycles. The molecule has 0 radical (unpaired) electrons. The Bertz CT molecular complexity index is 2140. The van der Waals surface area contributed by atoms with Gasteiger partial charge < -0.3 is 20.3 Å². The zero-order valence-electron chi connectivity index (χ0n) is 27.0. The normalized spacial score (nSPS) is 12.2. The molecule has 0 aliphatic rings. The van der Waals surface area contributed by atoms with Crippen LogP contribution in [0.25, 0.3) is 5.69 Å². The van der Waals surface area contributed by atoms with Crippen molar-refractivity contribution in [2.45, 2.75) is 45.1 Å². The van der Waals surface area contributed by atoms with Crippen molar-refractivity contribution < 1.29 is 36.7 Å². The van der Waals surface area contributed by atoms with E-state index in [9.17, 15) is 41.9 Å². The summed E-state index contributed by atoms with van der Waals surface area (Å²) in [6, 6.07) is 9.97. The number of carbonyl (C=O) groups excluding carboxylic acids is 2. The lowest BCUT2D eigenvalue weighted by Crippen LogP contribution is -2.42. The number of benzene rings is 3. The quantitative estimate of drug-likeness (QED) is 0.194. The molecule has 3 aromatic carbocycles. The highest BCUT2D eigenvalue weighted by Crippen LogP contribution is 2.25. The number of hydrogen-bond donors (Lipinski definition) is 4. The second-order valence-corrected chi connectivity index (χ2v) is 13.9. The highest BCUT2D eigenvalue weighted by atomic mass is 32.2. The maximum absolute atomic E-state index is 15.0. The van der Waals surface area contributed by atoms with Gasteiger partial charge >= 0.3 is 11.7 Å². The molecular formula is C33H33F2N5O8S. The maximum atomic E-state index is 15.0. The number of carboxylic acid groups (broad SMARTS) is 1. The molecule has 0 saturated carbocycles. The van der Waals surface area contributed by atoms with Gasteiger partial charge in [-0.3, -0.25) is 19.1 Å². The summed E-state index contributed by atoms with van der Waals surface area (Å²) >= 11 is 0. The molecule has 4 rings (SSSR count). The Balaban J connectivity index is 1.48. The van der Waals surface area contributed by atoms with Crippen molar-refractivity contribution in [2.75, 3.05) is 10.0 Å². The third-order valence-electron chi connectivity index (χ3n) is 7.31. The number of halogens is 2. The Kier molecular flexibility index (Phi) is 10.2. The van der Waals surface area contributed by atoms with Gasteiger partial charge in [-0.25, -0.2) is 31.4 Å². The number of anilines is 2. The monoisotopic (exact) mass is 697 g/mol. The maximum Gasteiger partial charge on any atom is 0.335 e. The molecule has 1 atom stereocenters. The number of aryl methyl sites for hydroxylation is 2. The van der Waals surface area contributed by atoms with Crippen LogP contribution in [0.15, 0.2) is 81.3 Å². The van der Waals surface area contributed by atoms with Gasteiger partial charge in [0.05, 0.1) is 21.8 Å². The molecule has 0 spiro atoms. The molecule has 0 aliphatic heterocycles. The van der Waals surface area contributed by atoms with Crippen LogP contribution in [-0.2, 0) is 33.1 Å². The number of rotatable bonds is 10. The lowest BCUT2D eigenvalue weighted by Gasteiger charge is -2.18. The van der Waals surface area contributed by atoms with E-state index in [4.69, 9.17) is 0 Å². The minimum absolute atomic E-state index is 0.226. The van der Waals surface area contributed by atoms with Crippen LogP contribution in [0.2, 0.25) is 0 Å². The first-order valence-electron chi connectivity index (χ1n) is 14.6. The van der Waals surface area contributed by atoms with Gasteiger partial charge in [-0.05, 0) is 55.0 Å². The van der Waals surface area contributed by atoms with Gasteiger partial charge in [0.1, 0.15) is 17.7 Å². The average Bonchev–Trinajstić information content (AvgIpc) is 3.01. The van der Waals surface area contributed by atoms with Crippen molar-refractivity contribution in [3.63, 3.8) is 0 Å². The second-order valence-electron chi connectivity index (χ2n) is 12.2.